The van der Waals surface area contributed by atoms with Crippen molar-refractivity contribution in [1.29, 1.82) is 5.26 Å². The van der Waals surface area contributed by atoms with Crippen molar-refractivity contribution in [2.24, 2.45) is 0 Å². The Morgan fingerprint density at radius 2 is 1.93 bits per heavy atom. The van der Waals surface area contributed by atoms with E-state index in [4.69, 9.17) is 0 Å². The summed E-state index contributed by atoms with van der Waals surface area (Å²) in [5.41, 5.74) is 5.73. The molecule has 0 amide bonds. The molecule has 2 aromatic carbocycles. The second-order valence-corrected chi connectivity index (χ2v) is 6.79. The van der Waals surface area contributed by atoms with E-state index in [9.17, 15) is 5.26 Å². The molecule has 0 unspecified atom stereocenters. The van der Waals surface area contributed by atoms with Crippen molar-refractivity contribution in [2.45, 2.75) is 26.8 Å². The van der Waals surface area contributed by atoms with E-state index in [1.54, 1.807) is 6.20 Å². The van der Waals surface area contributed by atoms with Gasteiger partial charge in [0.25, 0.3) is 0 Å². The Morgan fingerprint density at radius 1 is 1.07 bits per heavy atom. The fourth-order valence-electron chi connectivity index (χ4n) is 3.45. The summed E-state index contributed by atoms with van der Waals surface area (Å²) >= 11 is 0. The van der Waals surface area contributed by atoms with Crippen LogP contribution < -0.4 is 5.32 Å². The van der Waals surface area contributed by atoms with Crippen LogP contribution in [0.15, 0.2) is 48.7 Å². The van der Waals surface area contributed by atoms with Crippen LogP contribution in [0.5, 0.6) is 0 Å². The Morgan fingerprint density at radius 3 is 2.74 bits per heavy atom. The molecule has 0 aliphatic heterocycles. The van der Waals surface area contributed by atoms with Crippen LogP contribution in [-0.2, 0) is 6.54 Å². The monoisotopic (exact) mass is 355 g/mol. The molecule has 0 atom stereocenters. The number of aromatic nitrogens is 3. The van der Waals surface area contributed by atoms with E-state index in [0.717, 1.165) is 47.2 Å². The van der Waals surface area contributed by atoms with Gasteiger partial charge in [-0.3, -0.25) is 9.67 Å². The average molecular weight is 355 g/mol. The predicted molar refractivity (Wildman–Crippen MR) is 109 cm³/mol. The van der Waals surface area contributed by atoms with E-state index in [-0.39, 0.29) is 0 Å². The van der Waals surface area contributed by atoms with Gasteiger partial charge in [-0.2, -0.15) is 10.4 Å². The van der Waals surface area contributed by atoms with Gasteiger partial charge in [-0.1, -0.05) is 30.3 Å². The van der Waals surface area contributed by atoms with Crippen molar-refractivity contribution in [3.63, 3.8) is 0 Å². The lowest BCUT2D eigenvalue weighted by Crippen LogP contribution is -2.10. The number of nitrogens with one attached hydrogen (secondary N) is 1. The summed E-state index contributed by atoms with van der Waals surface area (Å²) in [5, 5.41) is 19.8. The fourth-order valence-corrected chi connectivity index (χ4v) is 3.45. The van der Waals surface area contributed by atoms with Gasteiger partial charge in [0.1, 0.15) is 6.07 Å². The molecule has 0 saturated heterocycles. The number of benzene rings is 2. The van der Waals surface area contributed by atoms with Crippen LogP contribution in [0, 0.1) is 25.2 Å². The molecule has 5 nitrogen and oxygen atoms in total. The van der Waals surface area contributed by atoms with E-state index in [0.29, 0.717) is 5.56 Å². The largest absolute Gasteiger partial charge is 0.383 e. The van der Waals surface area contributed by atoms with Gasteiger partial charge < -0.3 is 5.32 Å². The van der Waals surface area contributed by atoms with Crippen LogP contribution >= 0.6 is 0 Å². The van der Waals surface area contributed by atoms with Crippen LogP contribution in [-0.4, -0.2) is 21.3 Å². The lowest BCUT2D eigenvalue weighted by molar-refractivity contribution is 0.583. The molecule has 0 aliphatic carbocycles. The fraction of sp³-hybridized carbons (Fsp3) is 0.227. The quantitative estimate of drug-likeness (QED) is 0.532. The minimum atomic E-state index is 0.576. The molecule has 2 heterocycles. The highest BCUT2D eigenvalue weighted by molar-refractivity contribution is 5.94. The van der Waals surface area contributed by atoms with Crippen LogP contribution in [0.4, 0.5) is 5.69 Å². The van der Waals surface area contributed by atoms with Crippen molar-refractivity contribution in [2.75, 3.05) is 11.9 Å². The number of rotatable bonds is 5. The van der Waals surface area contributed by atoms with E-state index in [1.807, 2.05) is 37.3 Å². The molecule has 27 heavy (non-hydrogen) atoms. The van der Waals surface area contributed by atoms with Gasteiger partial charge >= 0.3 is 0 Å². The van der Waals surface area contributed by atoms with Crippen molar-refractivity contribution in [1.82, 2.24) is 14.8 Å². The number of hydrogen-bond donors (Lipinski definition) is 1. The van der Waals surface area contributed by atoms with Crippen molar-refractivity contribution >= 4 is 27.5 Å². The summed E-state index contributed by atoms with van der Waals surface area (Å²) in [4.78, 5) is 4.41. The number of nitrogens with zero attached hydrogens (tertiary/aromatic N) is 4. The second-order valence-electron chi connectivity index (χ2n) is 6.79. The van der Waals surface area contributed by atoms with Crippen molar-refractivity contribution in [3.05, 3.63) is 65.5 Å². The average Bonchev–Trinajstić information content (AvgIpc) is 3.01. The Bertz CT molecular complexity index is 1170. The second kappa shape index (κ2) is 7.08. The summed E-state index contributed by atoms with van der Waals surface area (Å²) in [5.74, 6) is 0. The first-order valence-corrected chi connectivity index (χ1v) is 9.13. The third-order valence-corrected chi connectivity index (χ3v) is 4.90. The van der Waals surface area contributed by atoms with Crippen LogP contribution in [0.25, 0.3) is 21.8 Å². The molecule has 4 rings (SSSR count). The highest BCUT2D eigenvalue weighted by Crippen LogP contribution is 2.26. The van der Waals surface area contributed by atoms with Gasteiger partial charge in [-0.15, -0.1) is 0 Å². The zero-order valence-electron chi connectivity index (χ0n) is 15.5. The van der Waals surface area contributed by atoms with Gasteiger partial charge in [0, 0.05) is 35.8 Å². The topological polar surface area (TPSA) is 66.5 Å². The summed E-state index contributed by atoms with van der Waals surface area (Å²) in [6.45, 7) is 5.74. The Kier molecular flexibility index (Phi) is 4.47. The van der Waals surface area contributed by atoms with E-state index < -0.39 is 0 Å². The van der Waals surface area contributed by atoms with Crippen LogP contribution in [0.2, 0.25) is 0 Å². The Hall–Kier alpha value is -3.39. The molecule has 0 saturated carbocycles. The number of anilines is 1. The first-order valence-electron chi connectivity index (χ1n) is 9.13. The minimum absolute atomic E-state index is 0.576. The number of pyridine rings is 1. The maximum atomic E-state index is 9.44. The lowest BCUT2D eigenvalue weighted by Gasteiger charge is -2.12. The smallest absolute Gasteiger partial charge is 0.103 e. The maximum Gasteiger partial charge on any atom is 0.103 e. The Balaban J connectivity index is 1.50. The van der Waals surface area contributed by atoms with E-state index in [1.165, 1.54) is 11.1 Å². The first kappa shape index (κ1) is 17.0. The molecule has 0 bridgehead atoms. The van der Waals surface area contributed by atoms with E-state index >= 15 is 0 Å². The lowest BCUT2D eigenvalue weighted by atomic mass is 10.1. The zero-order chi connectivity index (χ0) is 18.8. The van der Waals surface area contributed by atoms with Gasteiger partial charge in [-0.05, 0) is 38.0 Å². The maximum absolute atomic E-state index is 9.44. The molecule has 0 fully saturated rings. The summed E-state index contributed by atoms with van der Waals surface area (Å²) in [6.07, 6.45) is 2.56. The molecule has 4 aromatic rings. The number of aryl methyl sites for hydroxylation is 3. The van der Waals surface area contributed by atoms with Gasteiger partial charge in [-0.25, -0.2) is 0 Å². The molecule has 2 aromatic heterocycles. The molecule has 134 valence electrons. The molecule has 0 spiro atoms. The Labute approximate surface area is 158 Å². The zero-order valence-corrected chi connectivity index (χ0v) is 15.5. The summed E-state index contributed by atoms with van der Waals surface area (Å²) in [7, 11) is 0. The molecule has 0 aliphatic rings. The van der Waals surface area contributed by atoms with Gasteiger partial charge in [0.15, 0.2) is 0 Å². The number of fused-ring (bicyclic) bond motifs is 2. The third-order valence-electron chi connectivity index (χ3n) is 4.90. The minimum Gasteiger partial charge on any atom is -0.383 e. The molecular weight excluding hydrogens is 334 g/mol. The number of nitriles is 1. The molecule has 5 heteroatoms. The van der Waals surface area contributed by atoms with Gasteiger partial charge in [0.05, 0.1) is 22.3 Å². The van der Waals surface area contributed by atoms with Crippen LogP contribution in [0.3, 0.4) is 0 Å². The van der Waals surface area contributed by atoms with E-state index in [2.05, 4.69) is 45.2 Å². The summed E-state index contributed by atoms with van der Waals surface area (Å²) < 4.78 is 2.06. The first-order chi connectivity index (χ1) is 13.2. The molecule has 1 N–H and O–H groups in total. The van der Waals surface area contributed by atoms with Crippen molar-refractivity contribution in [3.8, 4) is 6.07 Å². The van der Waals surface area contributed by atoms with Crippen LogP contribution in [0.1, 0.15) is 23.2 Å². The highest BCUT2D eigenvalue weighted by Gasteiger charge is 2.09. The number of hydrogen-bond acceptors (Lipinski definition) is 4. The standard InChI is InChI=1S/C22H21N5/c1-15-8-9-19-21(12-15)25-14-17(13-23)22(19)24-10-5-11-27-16(2)18-6-3-4-7-20(18)26-27/h3-4,6-9,12,14H,5,10-11H2,1-2H3,(H,24,25). The molecular formula is C22H21N5. The third kappa shape index (κ3) is 3.22. The molecule has 0 radical (unpaired) electrons. The summed E-state index contributed by atoms with van der Waals surface area (Å²) in [6, 6.07) is 16.6. The van der Waals surface area contributed by atoms with Crippen molar-refractivity contribution < 1.29 is 0 Å². The SMILES string of the molecule is Cc1ccc2c(NCCCn3nc4ccccc4c3C)c(C#N)cnc2c1. The predicted octanol–water partition coefficient (Wildman–Crippen LogP) is 4.58. The highest BCUT2D eigenvalue weighted by atomic mass is 15.3. The normalized spacial score (nSPS) is 11.0. The van der Waals surface area contributed by atoms with Gasteiger partial charge in [0.2, 0.25) is 0 Å².